The van der Waals surface area contributed by atoms with Crippen LogP contribution in [0.3, 0.4) is 0 Å². The van der Waals surface area contributed by atoms with E-state index in [1.807, 2.05) is 23.6 Å². The third-order valence-electron chi connectivity index (χ3n) is 4.21. The molecular weight excluding hydrogens is 262 g/mol. The van der Waals surface area contributed by atoms with Crippen LogP contribution >= 0.6 is 0 Å². The molecule has 5 heteroatoms. The molecule has 5 nitrogen and oxygen atoms in total. The molecule has 1 saturated heterocycles. The maximum absolute atomic E-state index is 4.86. The molecule has 0 N–H and O–H groups in total. The standard InChI is InChI=1S/C16H19N5/c1-11-6-5-9-20(10-11)16-18-14-8-4-3-7-13(14)15-17-12(2)19-21(15)16/h3-4,7-8,11H,5-6,9-10H2,1-2H3/t11-/m0/s1. The molecule has 1 aliphatic heterocycles. The Morgan fingerprint density at radius 1 is 1.19 bits per heavy atom. The molecule has 4 rings (SSSR count). The molecule has 0 amide bonds. The van der Waals surface area contributed by atoms with Gasteiger partial charge in [0, 0.05) is 18.5 Å². The van der Waals surface area contributed by atoms with Crippen LogP contribution in [0.25, 0.3) is 16.6 Å². The molecule has 1 fully saturated rings. The van der Waals surface area contributed by atoms with Gasteiger partial charge in [-0.25, -0.2) is 9.97 Å². The number of aryl methyl sites for hydroxylation is 1. The van der Waals surface area contributed by atoms with E-state index < -0.39 is 0 Å². The molecule has 0 unspecified atom stereocenters. The van der Waals surface area contributed by atoms with Crippen LogP contribution in [0, 0.1) is 12.8 Å². The summed E-state index contributed by atoms with van der Waals surface area (Å²) in [7, 11) is 0. The smallest absolute Gasteiger partial charge is 0.229 e. The highest BCUT2D eigenvalue weighted by Gasteiger charge is 2.22. The minimum atomic E-state index is 0.701. The highest BCUT2D eigenvalue weighted by molar-refractivity contribution is 5.92. The fourth-order valence-electron chi connectivity index (χ4n) is 3.22. The fraction of sp³-hybridized carbons (Fsp3) is 0.438. The lowest BCUT2D eigenvalue weighted by atomic mass is 10.0. The molecule has 0 aliphatic carbocycles. The number of hydrogen-bond acceptors (Lipinski definition) is 4. The molecule has 0 spiro atoms. The van der Waals surface area contributed by atoms with Crippen LogP contribution in [0.5, 0.6) is 0 Å². The summed E-state index contributed by atoms with van der Waals surface area (Å²) < 4.78 is 1.91. The van der Waals surface area contributed by atoms with Crippen molar-refractivity contribution in [2.45, 2.75) is 26.7 Å². The van der Waals surface area contributed by atoms with E-state index in [-0.39, 0.29) is 0 Å². The summed E-state index contributed by atoms with van der Waals surface area (Å²) in [6, 6.07) is 8.17. The largest absolute Gasteiger partial charge is 0.340 e. The van der Waals surface area contributed by atoms with Gasteiger partial charge in [-0.05, 0) is 37.8 Å². The van der Waals surface area contributed by atoms with E-state index in [0.29, 0.717) is 5.92 Å². The summed E-state index contributed by atoms with van der Waals surface area (Å²) in [5.74, 6) is 2.42. The van der Waals surface area contributed by atoms with E-state index in [2.05, 4.69) is 34.0 Å². The molecule has 0 saturated carbocycles. The van der Waals surface area contributed by atoms with Gasteiger partial charge in [0.05, 0.1) is 5.52 Å². The molecule has 108 valence electrons. The molecule has 2 aromatic heterocycles. The first-order valence-corrected chi connectivity index (χ1v) is 7.59. The van der Waals surface area contributed by atoms with Crippen molar-refractivity contribution in [3.05, 3.63) is 30.1 Å². The third-order valence-corrected chi connectivity index (χ3v) is 4.21. The first-order valence-electron chi connectivity index (χ1n) is 7.59. The molecule has 3 heterocycles. The Hall–Kier alpha value is -2.17. The average molecular weight is 281 g/mol. The lowest BCUT2D eigenvalue weighted by Crippen LogP contribution is -2.36. The van der Waals surface area contributed by atoms with Gasteiger partial charge in [-0.1, -0.05) is 19.1 Å². The highest BCUT2D eigenvalue weighted by Crippen LogP contribution is 2.26. The van der Waals surface area contributed by atoms with Crippen molar-refractivity contribution in [3.8, 4) is 0 Å². The van der Waals surface area contributed by atoms with Gasteiger partial charge >= 0.3 is 0 Å². The molecule has 1 atom stereocenters. The van der Waals surface area contributed by atoms with Gasteiger partial charge in [0.1, 0.15) is 5.82 Å². The number of rotatable bonds is 1. The number of benzene rings is 1. The number of fused-ring (bicyclic) bond motifs is 3. The number of para-hydroxylation sites is 1. The first-order chi connectivity index (χ1) is 10.2. The second kappa shape index (κ2) is 4.69. The van der Waals surface area contributed by atoms with Gasteiger partial charge < -0.3 is 4.90 Å². The number of hydrogen-bond donors (Lipinski definition) is 0. The van der Waals surface area contributed by atoms with Crippen molar-refractivity contribution in [2.75, 3.05) is 18.0 Å². The van der Waals surface area contributed by atoms with Crippen LogP contribution in [-0.2, 0) is 0 Å². The van der Waals surface area contributed by atoms with Gasteiger partial charge in [-0.15, -0.1) is 5.10 Å². The summed E-state index contributed by atoms with van der Waals surface area (Å²) in [4.78, 5) is 11.8. The Morgan fingerprint density at radius 3 is 2.90 bits per heavy atom. The zero-order chi connectivity index (χ0) is 14.4. The third kappa shape index (κ3) is 2.04. The maximum Gasteiger partial charge on any atom is 0.229 e. The number of anilines is 1. The Balaban J connectivity index is 1.97. The lowest BCUT2D eigenvalue weighted by Gasteiger charge is -2.31. The minimum absolute atomic E-state index is 0.701. The van der Waals surface area contributed by atoms with E-state index in [4.69, 9.17) is 4.98 Å². The topological polar surface area (TPSA) is 46.3 Å². The Kier molecular flexibility index (Phi) is 2.80. The van der Waals surface area contributed by atoms with Crippen LogP contribution in [0.1, 0.15) is 25.6 Å². The molecule has 0 radical (unpaired) electrons. The lowest BCUT2D eigenvalue weighted by molar-refractivity contribution is 0.440. The second-order valence-corrected chi connectivity index (χ2v) is 6.02. The van der Waals surface area contributed by atoms with Gasteiger partial charge in [0.25, 0.3) is 0 Å². The van der Waals surface area contributed by atoms with Crippen molar-refractivity contribution in [1.29, 1.82) is 0 Å². The highest BCUT2D eigenvalue weighted by atomic mass is 15.4. The van der Waals surface area contributed by atoms with Crippen LogP contribution in [0.4, 0.5) is 5.95 Å². The van der Waals surface area contributed by atoms with E-state index in [9.17, 15) is 0 Å². The number of nitrogens with zero attached hydrogens (tertiary/aromatic N) is 5. The molecule has 21 heavy (non-hydrogen) atoms. The van der Waals surface area contributed by atoms with Crippen LogP contribution in [0.2, 0.25) is 0 Å². The Bertz CT molecular complexity index is 807. The van der Waals surface area contributed by atoms with Crippen LogP contribution in [0.15, 0.2) is 24.3 Å². The Labute approximate surface area is 123 Å². The van der Waals surface area contributed by atoms with Crippen molar-refractivity contribution in [1.82, 2.24) is 19.6 Å². The zero-order valence-corrected chi connectivity index (χ0v) is 12.5. The number of aromatic nitrogens is 4. The Morgan fingerprint density at radius 2 is 2.05 bits per heavy atom. The molecule has 1 aromatic carbocycles. The predicted molar refractivity (Wildman–Crippen MR) is 83.6 cm³/mol. The van der Waals surface area contributed by atoms with Gasteiger partial charge in [0.2, 0.25) is 5.95 Å². The van der Waals surface area contributed by atoms with E-state index in [0.717, 1.165) is 41.4 Å². The van der Waals surface area contributed by atoms with E-state index >= 15 is 0 Å². The predicted octanol–water partition coefficient (Wildman–Crippen LogP) is 2.82. The minimum Gasteiger partial charge on any atom is -0.340 e. The molecule has 3 aromatic rings. The molecular formula is C16H19N5. The van der Waals surface area contributed by atoms with Crippen molar-refractivity contribution < 1.29 is 0 Å². The van der Waals surface area contributed by atoms with Crippen molar-refractivity contribution >= 4 is 22.5 Å². The summed E-state index contributed by atoms with van der Waals surface area (Å²) in [5.41, 5.74) is 1.90. The average Bonchev–Trinajstić information content (AvgIpc) is 2.88. The van der Waals surface area contributed by atoms with Gasteiger partial charge in [-0.3, -0.25) is 0 Å². The van der Waals surface area contributed by atoms with E-state index in [1.54, 1.807) is 0 Å². The van der Waals surface area contributed by atoms with Gasteiger partial charge in [0.15, 0.2) is 5.65 Å². The normalized spacial score (nSPS) is 19.5. The van der Waals surface area contributed by atoms with Crippen molar-refractivity contribution in [2.24, 2.45) is 5.92 Å². The van der Waals surface area contributed by atoms with Crippen LogP contribution < -0.4 is 4.90 Å². The first kappa shape index (κ1) is 12.6. The quantitative estimate of drug-likeness (QED) is 0.688. The monoisotopic (exact) mass is 281 g/mol. The van der Waals surface area contributed by atoms with E-state index in [1.165, 1.54) is 12.8 Å². The summed E-state index contributed by atoms with van der Waals surface area (Å²) in [6.07, 6.45) is 2.51. The zero-order valence-electron chi connectivity index (χ0n) is 12.5. The summed E-state index contributed by atoms with van der Waals surface area (Å²) >= 11 is 0. The van der Waals surface area contributed by atoms with Crippen molar-refractivity contribution in [3.63, 3.8) is 0 Å². The summed E-state index contributed by atoms with van der Waals surface area (Å²) in [6.45, 7) is 6.32. The maximum atomic E-state index is 4.86. The second-order valence-electron chi connectivity index (χ2n) is 6.02. The molecule has 1 aliphatic rings. The van der Waals surface area contributed by atoms with Crippen LogP contribution in [-0.4, -0.2) is 32.7 Å². The SMILES string of the molecule is Cc1nc2c3ccccc3nc(N3CCC[C@H](C)C3)n2n1. The molecule has 0 bridgehead atoms. The fourth-order valence-corrected chi connectivity index (χ4v) is 3.22. The number of piperidine rings is 1. The van der Waals surface area contributed by atoms with Gasteiger partial charge in [-0.2, -0.15) is 4.52 Å². The summed E-state index contributed by atoms with van der Waals surface area (Å²) in [5, 5.41) is 5.63.